The van der Waals surface area contributed by atoms with E-state index in [1.54, 1.807) is 60.2 Å². The van der Waals surface area contributed by atoms with Gasteiger partial charge in [0.1, 0.15) is 11.6 Å². The summed E-state index contributed by atoms with van der Waals surface area (Å²) in [6, 6.07) is 15.4. The molecule has 0 saturated carbocycles. The van der Waals surface area contributed by atoms with Crippen molar-refractivity contribution in [3.05, 3.63) is 92.0 Å². The molecule has 0 unspecified atom stereocenters. The van der Waals surface area contributed by atoms with Crippen LogP contribution in [0.2, 0.25) is 5.02 Å². The number of nitrogens with zero attached hydrogens (tertiary/aromatic N) is 3. The Balaban J connectivity index is 1.57. The molecule has 3 N–H and O–H groups in total. The van der Waals surface area contributed by atoms with Crippen molar-refractivity contribution >= 4 is 35.0 Å². The second kappa shape index (κ2) is 10.4. The predicted molar refractivity (Wildman–Crippen MR) is 129 cm³/mol. The van der Waals surface area contributed by atoms with Crippen molar-refractivity contribution in [3.63, 3.8) is 0 Å². The second-order valence-corrected chi connectivity index (χ2v) is 8.45. The molecule has 0 aliphatic rings. The zero-order valence-corrected chi connectivity index (χ0v) is 19.4. The lowest BCUT2D eigenvalue weighted by atomic mass is 10.2. The fourth-order valence-corrected chi connectivity index (χ4v) is 4.07. The van der Waals surface area contributed by atoms with Crippen LogP contribution in [0.25, 0.3) is 5.69 Å². The molecular formula is C22H19ClN6O4S. The summed E-state index contributed by atoms with van der Waals surface area (Å²) in [7, 11) is 1.55. The average Bonchev–Trinajstić information content (AvgIpc) is 3.20. The Labute approximate surface area is 202 Å². The van der Waals surface area contributed by atoms with Crippen LogP contribution in [0, 0.1) is 0 Å². The Morgan fingerprint density at radius 1 is 1.12 bits per heavy atom. The largest absolute Gasteiger partial charge is 0.497 e. The van der Waals surface area contributed by atoms with E-state index < -0.39 is 11.2 Å². The number of methoxy groups -OCH3 is 1. The van der Waals surface area contributed by atoms with Gasteiger partial charge in [0.15, 0.2) is 5.16 Å². The summed E-state index contributed by atoms with van der Waals surface area (Å²) in [4.78, 5) is 40.6. The van der Waals surface area contributed by atoms with Crippen LogP contribution in [-0.4, -0.2) is 43.5 Å². The van der Waals surface area contributed by atoms with Crippen LogP contribution >= 0.6 is 23.4 Å². The Kier molecular flexibility index (Phi) is 7.14. The Hall–Kier alpha value is -3.83. The molecule has 0 aliphatic carbocycles. The van der Waals surface area contributed by atoms with E-state index in [1.165, 1.54) is 17.8 Å². The highest BCUT2D eigenvalue weighted by atomic mass is 35.5. The first kappa shape index (κ1) is 23.3. The highest BCUT2D eigenvalue weighted by molar-refractivity contribution is 7.99. The summed E-state index contributed by atoms with van der Waals surface area (Å²) in [5, 5.41) is 12.3. The number of amides is 1. The first-order chi connectivity index (χ1) is 16.4. The van der Waals surface area contributed by atoms with Crippen LogP contribution in [-0.2, 0) is 11.2 Å². The number of anilines is 1. The molecule has 2 aromatic carbocycles. The zero-order chi connectivity index (χ0) is 24.1. The van der Waals surface area contributed by atoms with E-state index in [-0.39, 0.29) is 18.1 Å². The topological polar surface area (TPSA) is 135 Å². The maximum atomic E-state index is 12.5. The Morgan fingerprint density at radius 2 is 1.91 bits per heavy atom. The minimum Gasteiger partial charge on any atom is -0.497 e. The van der Waals surface area contributed by atoms with E-state index >= 15 is 0 Å². The van der Waals surface area contributed by atoms with E-state index in [4.69, 9.17) is 16.3 Å². The average molecular weight is 499 g/mol. The predicted octanol–water partition coefficient (Wildman–Crippen LogP) is 2.63. The number of rotatable bonds is 8. The number of halogens is 1. The monoisotopic (exact) mass is 498 g/mol. The number of ether oxygens (including phenoxy) is 1. The maximum Gasteiger partial charge on any atom is 0.325 e. The molecule has 2 heterocycles. The fourth-order valence-electron chi connectivity index (χ4n) is 3.17. The summed E-state index contributed by atoms with van der Waals surface area (Å²) in [5.41, 5.74) is 0.586. The third-order valence-electron chi connectivity index (χ3n) is 4.64. The van der Waals surface area contributed by atoms with Crippen LogP contribution in [0.15, 0.2) is 69.3 Å². The smallest absolute Gasteiger partial charge is 0.325 e. The van der Waals surface area contributed by atoms with E-state index in [0.717, 1.165) is 0 Å². The van der Waals surface area contributed by atoms with Gasteiger partial charge in [-0.1, -0.05) is 29.4 Å². The van der Waals surface area contributed by atoms with Crippen molar-refractivity contribution < 1.29 is 9.53 Å². The molecule has 12 heteroatoms. The van der Waals surface area contributed by atoms with Gasteiger partial charge in [-0.3, -0.25) is 19.1 Å². The van der Waals surface area contributed by atoms with E-state index in [1.807, 2.05) is 0 Å². The molecule has 0 bridgehead atoms. The molecule has 0 aliphatic heterocycles. The number of aromatic amines is 2. The number of hydrogen-bond donors (Lipinski definition) is 3. The first-order valence-corrected chi connectivity index (χ1v) is 11.4. The van der Waals surface area contributed by atoms with Crippen molar-refractivity contribution in [2.24, 2.45) is 0 Å². The molecule has 0 saturated heterocycles. The number of thioether (sulfide) groups is 1. The fraction of sp³-hybridized carbons (Fsp3) is 0.136. The number of carbonyl (C=O) groups excluding carboxylic acids is 1. The lowest BCUT2D eigenvalue weighted by Crippen LogP contribution is -2.23. The van der Waals surface area contributed by atoms with Gasteiger partial charge >= 0.3 is 5.69 Å². The van der Waals surface area contributed by atoms with Crippen LogP contribution in [0.5, 0.6) is 5.75 Å². The van der Waals surface area contributed by atoms with Crippen molar-refractivity contribution in [1.29, 1.82) is 0 Å². The first-order valence-electron chi connectivity index (χ1n) is 10.0. The molecule has 0 spiro atoms. The van der Waals surface area contributed by atoms with Gasteiger partial charge in [-0.25, -0.2) is 4.79 Å². The SMILES string of the molecule is COc1cccc(NC(=O)CSc2nnc(Cc3cc(=O)[nH]c(=O)[nH]3)n2-c2ccc(Cl)cc2)c1. The summed E-state index contributed by atoms with van der Waals surface area (Å²) in [6.07, 6.45) is 0.144. The molecule has 2 aromatic heterocycles. The second-order valence-electron chi connectivity index (χ2n) is 7.07. The lowest BCUT2D eigenvalue weighted by molar-refractivity contribution is -0.113. The van der Waals surface area contributed by atoms with Crippen LogP contribution < -0.4 is 21.3 Å². The summed E-state index contributed by atoms with van der Waals surface area (Å²) >= 11 is 7.23. The Morgan fingerprint density at radius 3 is 2.65 bits per heavy atom. The quantitative estimate of drug-likeness (QED) is 0.318. The number of benzene rings is 2. The van der Waals surface area contributed by atoms with Gasteiger partial charge in [0.05, 0.1) is 12.9 Å². The molecule has 0 radical (unpaired) electrons. The van der Waals surface area contributed by atoms with Gasteiger partial charge in [-0.2, -0.15) is 0 Å². The summed E-state index contributed by atoms with van der Waals surface area (Å²) in [5.74, 6) is 0.948. The summed E-state index contributed by atoms with van der Waals surface area (Å²) < 4.78 is 6.92. The van der Waals surface area contributed by atoms with Gasteiger partial charge in [0, 0.05) is 40.6 Å². The molecule has 4 rings (SSSR count). The molecule has 10 nitrogen and oxygen atoms in total. The molecular weight excluding hydrogens is 480 g/mol. The van der Waals surface area contributed by atoms with Gasteiger partial charge in [0.2, 0.25) is 5.91 Å². The van der Waals surface area contributed by atoms with Crippen LogP contribution in [0.4, 0.5) is 5.69 Å². The molecule has 1 amide bonds. The van der Waals surface area contributed by atoms with E-state index in [9.17, 15) is 14.4 Å². The Bertz CT molecular complexity index is 1400. The normalized spacial score (nSPS) is 10.8. The number of hydrogen-bond acceptors (Lipinski definition) is 7. The highest BCUT2D eigenvalue weighted by Gasteiger charge is 2.17. The van der Waals surface area contributed by atoms with Crippen LogP contribution in [0.1, 0.15) is 11.5 Å². The van der Waals surface area contributed by atoms with Crippen molar-refractivity contribution in [2.45, 2.75) is 11.6 Å². The third-order valence-corrected chi connectivity index (χ3v) is 5.82. The van der Waals surface area contributed by atoms with E-state index in [0.29, 0.717) is 38.8 Å². The standard InChI is InChI=1S/C22H19ClN6O4S/c1-33-17-4-2-3-14(9-17)24-20(31)12-34-22-28-27-18(10-15-11-19(30)26-21(32)25-15)29(22)16-7-5-13(23)6-8-16/h2-9,11H,10,12H2,1H3,(H,24,31)(H2,25,26,30,32). The molecule has 34 heavy (non-hydrogen) atoms. The van der Waals surface area contributed by atoms with Gasteiger partial charge < -0.3 is 15.0 Å². The minimum absolute atomic E-state index is 0.0742. The summed E-state index contributed by atoms with van der Waals surface area (Å²) in [6.45, 7) is 0. The van der Waals surface area contributed by atoms with Gasteiger partial charge in [-0.05, 0) is 36.4 Å². The van der Waals surface area contributed by atoms with Crippen LogP contribution in [0.3, 0.4) is 0 Å². The number of aromatic nitrogens is 5. The zero-order valence-electron chi connectivity index (χ0n) is 17.9. The van der Waals surface area contributed by atoms with Gasteiger partial charge in [0.25, 0.3) is 5.56 Å². The molecule has 0 fully saturated rings. The highest BCUT2D eigenvalue weighted by Crippen LogP contribution is 2.25. The van der Waals surface area contributed by atoms with Crippen molar-refractivity contribution in [2.75, 3.05) is 18.2 Å². The third kappa shape index (κ3) is 5.74. The number of nitrogens with one attached hydrogen (secondary N) is 3. The number of H-pyrrole nitrogens is 2. The van der Waals surface area contributed by atoms with E-state index in [2.05, 4.69) is 25.5 Å². The molecule has 4 aromatic rings. The molecule has 0 atom stereocenters. The lowest BCUT2D eigenvalue weighted by Gasteiger charge is -2.11. The maximum absolute atomic E-state index is 12.5. The van der Waals surface area contributed by atoms with Gasteiger partial charge in [-0.15, -0.1) is 10.2 Å². The number of carbonyl (C=O) groups is 1. The van der Waals surface area contributed by atoms with Crippen molar-refractivity contribution in [3.8, 4) is 11.4 Å². The molecule has 174 valence electrons. The minimum atomic E-state index is -0.608. The van der Waals surface area contributed by atoms with Crippen molar-refractivity contribution in [1.82, 2.24) is 24.7 Å².